The number of methoxy groups -OCH3 is 1. The average Bonchev–Trinajstić information content (AvgIpc) is 3.06. The summed E-state index contributed by atoms with van der Waals surface area (Å²) in [7, 11) is 1.60. The number of hydrogen-bond donors (Lipinski definition) is 3. The largest absolute Gasteiger partial charge is 0.493 e. The van der Waals surface area contributed by atoms with Crippen LogP contribution in [-0.4, -0.2) is 36.9 Å². The third-order valence-electron chi connectivity index (χ3n) is 3.90. The molecule has 0 atom stereocenters. The van der Waals surface area contributed by atoms with Crippen LogP contribution in [0.1, 0.15) is 37.7 Å². The lowest BCUT2D eigenvalue weighted by atomic mass is 10.2. The molecule has 1 aromatic carbocycles. The van der Waals surface area contributed by atoms with Crippen molar-refractivity contribution in [1.82, 2.24) is 10.6 Å². The summed E-state index contributed by atoms with van der Waals surface area (Å²) in [4.78, 5) is 22.0. The minimum atomic E-state index is -0.945. The zero-order valence-electron chi connectivity index (χ0n) is 13.8. The molecule has 0 unspecified atom stereocenters. The molecule has 0 heterocycles. The number of carbonyl (C=O) groups is 2. The van der Waals surface area contributed by atoms with Crippen molar-refractivity contribution in [3.63, 3.8) is 0 Å². The summed E-state index contributed by atoms with van der Waals surface area (Å²) in [5.74, 6) is 0.422. The van der Waals surface area contributed by atoms with E-state index in [0.717, 1.165) is 18.4 Å². The fourth-order valence-electron chi connectivity index (χ4n) is 2.64. The molecule has 7 heteroatoms. The van der Waals surface area contributed by atoms with Gasteiger partial charge < -0.3 is 25.2 Å². The number of amides is 2. The van der Waals surface area contributed by atoms with Gasteiger partial charge in [0.25, 0.3) is 0 Å². The third kappa shape index (κ3) is 5.64. The molecule has 0 spiro atoms. The Bertz CT molecular complexity index is 570. The maximum atomic E-state index is 11.6. The maximum Gasteiger partial charge on any atom is 0.315 e. The molecule has 1 fully saturated rings. The zero-order valence-corrected chi connectivity index (χ0v) is 13.8. The molecule has 0 aliphatic heterocycles. The summed E-state index contributed by atoms with van der Waals surface area (Å²) in [6, 6.07) is 5.15. The van der Waals surface area contributed by atoms with Crippen LogP contribution in [0.15, 0.2) is 18.2 Å². The zero-order chi connectivity index (χ0) is 17.4. The summed E-state index contributed by atoms with van der Waals surface area (Å²) in [5, 5.41) is 13.7. The normalized spacial score (nSPS) is 14.2. The van der Waals surface area contributed by atoms with Crippen molar-refractivity contribution in [1.29, 1.82) is 0 Å². The Hall–Kier alpha value is -2.44. The van der Waals surface area contributed by atoms with Gasteiger partial charge in [0.15, 0.2) is 11.5 Å². The van der Waals surface area contributed by atoms with Crippen LogP contribution in [0.3, 0.4) is 0 Å². The van der Waals surface area contributed by atoms with Gasteiger partial charge in [-0.25, -0.2) is 4.79 Å². The molecule has 1 saturated carbocycles. The molecular weight excluding hydrogens is 312 g/mol. The Morgan fingerprint density at radius 2 is 1.96 bits per heavy atom. The van der Waals surface area contributed by atoms with E-state index >= 15 is 0 Å². The summed E-state index contributed by atoms with van der Waals surface area (Å²) in [6.45, 7) is 0.420. The molecule has 2 rings (SSSR count). The van der Waals surface area contributed by atoms with E-state index in [1.54, 1.807) is 7.11 Å². The number of nitrogens with one attached hydrogen (secondary N) is 2. The fourth-order valence-corrected chi connectivity index (χ4v) is 2.64. The highest BCUT2D eigenvalue weighted by molar-refractivity contribution is 5.75. The van der Waals surface area contributed by atoms with Crippen molar-refractivity contribution in [3.8, 4) is 11.5 Å². The van der Waals surface area contributed by atoms with Gasteiger partial charge >= 0.3 is 12.0 Å². The number of urea groups is 1. The molecule has 0 saturated heterocycles. The van der Waals surface area contributed by atoms with E-state index < -0.39 is 12.0 Å². The highest BCUT2D eigenvalue weighted by atomic mass is 16.5. The lowest BCUT2D eigenvalue weighted by Crippen LogP contribution is -2.36. The first-order chi connectivity index (χ1) is 11.6. The Morgan fingerprint density at radius 3 is 2.62 bits per heavy atom. The number of aliphatic carboxylic acids is 1. The van der Waals surface area contributed by atoms with Gasteiger partial charge in [-0.1, -0.05) is 6.07 Å². The van der Waals surface area contributed by atoms with E-state index in [-0.39, 0.29) is 19.1 Å². The first-order valence-electron chi connectivity index (χ1n) is 8.15. The second-order valence-corrected chi connectivity index (χ2v) is 5.76. The van der Waals surface area contributed by atoms with Crippen molar-refractivity contribution < 1.29 is 24.2 Å². The van der Waals surface area contributed by atoms with Crippen molar-refractivity contribution >= 4 is 12.0 Å². The SMILES string of the molecule is COc1ccc(CNC(=O)NCCC(=O)O)cc1OC1CCCC1. The van der Waals surface area contributed by atoms with Gasteiger partial charge in [0.1, 0.15) is 0 Å². The minimum Gasteiger partial charge on any atom is -0.493 e. The fraction of sp³-hybridized carbons (Fsp3) is 0.529. The van der Waals surface area contributed by atoms with E-state index in [9.17, 15) is 9.59 Å². The van der Waals surface area contributed by atoms with Crippen LogP contribution in [0, 0.1) is 0 Å². The number of carbonyl (C=O) groups excluding carboxylic acids is 1. The van der Waals surface area contributed by atoms with Gasteiger partial charge in [0, 0.05) is 13.1 Å². The summed E-state index contributed by atoms with van der Waals surface area (Å²) < 4.78 is 11.3. The van der Waals surface area contributed by atoms with E-state index in [1.807, 2.05) is 18.2 Å². The average molecular weight is 336 g/mol. The first kappa shape index (κ1) is 17.9. The van der Waals surface area contributed by atoms with Crippen molar-refractivity contribution in [2.24, 2.45) is 0 Å². The monoisotopic (exact) mass is 336 g/mol. The highest BCUT2D eigenvalue weighted by Gasteiger charge is 2.18. The topological polar surface area (TPSA) is 96.9 Å². The summed E-state index contributed by atoms with van der Waals surface area (Å²) in [5.41, 5.74) is 0.886. The second-order valence-electron chi connectivity index (χ2n) is 5.76. The van der Waals surface area contributed by atoms with Crippen LogP contribution in [0.2, 0.25) is 0 Å². The molecule has 24 heavy (non-hydrogen) atoms. The van der Waals surface area contributed by atoms with Crippen LogP contribution in [0.25, 0.3) is 0 Å². The molecule has 0 radical (unpaired) electrons. The molecule has 1 aliphatic rings. The Kier molecular flexibility index (Phi) is 6.72. The Morgan fingerprint density at radius 1 is 1.21 bits per heavy atom. The van der Waals surface area contributed by atoms with Crippen molar-refractivity contribution in [2.45, 2.75) is 44.8 Å². The molecule has 0 aromatic heterocycles. The molecule has 0 bridgehead atoms. The number of carboxylic acid groups (broad SMARTS) is 1. The van der Waals surface area contributed by atoms with Crippen molar-refractivity contribution in [2.75, 3.05) is 13.7 Å². The van der Waals surface area contributed by atoms with Crippen LogP contribution in [-0.2, 0) is 11.3 Å². The van der Waals surface area contributed by atoms with E-state index in [2.05, 4.69) is 10.6 Å². The van der Waals surface area contributed by atoms with E-state index in [4.69, 9.17) is 14.6 Å². The Labute approximate surface area is 141 Å². The number of hydrogen-bond acceptors (Lipinski definition) is 4. The lowest BCUT2D eigenvalue weighted by Gasteiger charge is -2.17. The smallest absolute Gasteiger partial charge is 0.315 e. The van der Waals surface area contributed by atoms with Gasteiger partial charge in [0.05, 0.1) is 19.6 Å². The van der Waals surface area contributed by atoms with Gasteiger partial charge in [-0.3, -0.25) is 4.79 Å². The van der Waals surface area contributed by atoms with Crippen LogP contribution in [0.4, 0.5) is 4.79 Å². The van der Waals surface area contributed by atoms with Crippen LogP contribution >= 0.6 is 0 Å². The molecular formula is C17H24N2O5. The highest BCUT2D eigenvalue weighted by Crippen LogP contribution is 2.32. The van der Waals surface area contributed by atoms with Gasteiger partial charge in [-0.15, -0.1) is 0 Å². The molecule has 132 valence electrons. The number of benzene rings is 1. The third-order valence-corrected chi connectivity index (χ3v) is 3.90. The molecule has 7 nitrogen and oxygen atoms in total. The molecule has 3 N–H and O–H groups in total. The van der Waals surface area contributed by atoms with E-state index in [0.29, 0.717) is 18.0 Å². The lowest BCUT2D eigenvalue weighted by molar-refractivity contribution is -0.136. The molecule has 2 amide bonds. The van der Waals surface area contributed by atoms with Crippen LogP contribution < -0.4 is 20.1 Å². The standard InChI is InChI=1S/C17H24N2O5/c1-23-14-7-6-12(10-15(14)24-13-4-2-3-5-13)11-19-17(22)18-9-8-16(20)21/h6-7,10,13H,2-5,8-9,11H2,1H3,(H,20,21)(H2,18,19,22). The number of carboxylic acids is 1. The molecule has 1 aliphatic carbocycles. The summed E-state index contributed by atoms with van der Waals surface area (Å²) >= 11 is 0. The first-order valence-corrected chi connectivity index (χ1v) is 8.15. The maximum absolute atomic E-state index is 11.6. The number of ether oxygens (including phenoxy) is 2. The second kappa shape index (κ2) is 9.00. The van der Waals surface area contributed by atoms with Gasteiger partial charge in [-0.2, -0.15) is 0 Å². The van der Waals surface area contributed by atoms with Gasteiger partial charge in [-0.05, 0) is 43.4 Å². The summed E-state index contributed by atoms with van der Waals surface area (Å²) in [6.07, 6.45) is 4.60. The predicted octanol–water partition coefficient (Wildman–Crippen LogP) is 2.29. The minimum absolute atomic E-state index is 0.0970. The molecule has 1 aromatic rings. The number of rotatable bonds is 8. The van der Waals surface area contributed by atoms with Crippen LogP contribution in [0.5, 0.6) is 11.5 Å². The van der Waals surface area contributed by atoms with E-state index in [1.165, 1.54) is 12.8 Å². The van der Waals surface area contributed by atoms with Crippen molar-refractivity contribution in [3.05, 3.63) is 23.8 Å². The quantitative estimate of drug-likeness (QED) is 0.677. The Balaban J connectivity index is 1.88. The van der Waals surface area contributed by atoms with Gasteiger partial charge in [0.2, 0.25) is 0 Å². The predicted molar refractivity (Wildman–Crippen MR) is 88.4 cm³/mol.